The summed E-state index contributed by atoms with van der Waals surface area (Å²) in [6.45, 7) is 2.15. The molecule has 0 saturated heterocycles. The molecule has 0 unspecified atom stereocenters. The van der Waals surface area contributed by atoms with Gasteiger partial charge in [0.2, 0.25) is 5.91 Å². The number of benzene rings is 1. The van der Waals surface area contributed by atoms with Crippen LogP contribution < -0.4 is 0 Å². The molecule has 26 heavy (non-hydrogen) atoms. The average molecular weight is 353 g/mol. The monoisotopic (exact) mass is 353 g/mol. The number of aromatic nitrogens is 4. The fourth-order valence-corrected chi connectivity index (χ4v) is 2.54. The van der Waals surface area contributed by atoms with Crippen molar-refractivity contribution in [3.63, 3.8) is 0 Å². The Balaban J connectivity index is 1.79. The summed E-state index contributed by atoms with van der Waals surface area (Å²) in [5.41, 5.74) is 2.01. The van der Waals surface area contributed by atoms with Crippen molar-refractivity contribution in [2.45, 2.75) is 19.9 Å². The normalized spacial score (nSPS) is 10.7. The second kappa shape index (κ2) is 7.73. The van der Waals surface area contributed by atoms with Crippen LogP contribution in [0.25, 0.3) is 5.78 Å². The number of aryl methyl sites for hydroxylation is 1. The quantitative estimate of drug-likeness (QED) is 0.618. The fraction of sp³-hybridized carbons (Fsp3) is 0.278. The Labute approximate surface area is 150 Å². The first-order chi connectivity index (χ1) is 12.6. The number of carbonyl (C=O) groups is 2. The molecule has 0 spiro atoms. The van der Waals surface area contributed by atoms with Gasteiger partial charge in [-0.1, -0.05) is 24.3 Å². The van der Waals surface area contributed by atoms with E-state index in [1.807, 2.05) is 31.2 Å². The van der Waals surface area contributed by atoms with Crippen molar-refractivity contribution < 1.29 is 14.3 Å². The second-order valence-corrected chi connectivity index (χ2v) is 5.82. The van der Waals surface area contributed by atoms with Gasteiger partial charge >= 0.3 is 5.97 Å². The molecule has 8 heteroatoms. The van der Waals surface area contributed by atoms with Gasteiger partial charge in [0.15, 0.2) is 5.82 Å². The lowest BCUT2D eigenvalue weighted by Crippen LogP contribution is -2.37. The van der Waals surface area contributed by atoms with E-state index in [4.69, 9.17) is 4.74 Å². The molecule has 0 bridgehead atoms. The average Bonchev–Trinajstić information content (AvgIpc) is 3.04. The highest BCUT2D eigenvalue weighted by Crippen LogP contribution is 2.12. The lowest BCUT2D eigenvalue weighted by molar-refractivity contribution is -0.147. The van der Waals surface area contributed by atoms with E-state index in [0.717, 1.165) is 11.1 Å². The third kappa shape index (κ3) is 4.02. The summed E-state index contributed by atoms with van der Waals surface area (Å²) in [7, 11) is 1.30. The molecule has 0 aliphatic heterocycles. The van der Waals surface area contributed by atoms with E-state index in [9.17, 15) is 9.59 Å². The minimum atomic E-state index is -0.475. The molecule has 1 aromatic carbocycles. The Morgan fingerprint density at radius 3 is 2.77 bits per heavy atom. The van der Waals surface area contributed by atoms with Crippen LogP contribution in [-0.2, 0) is 27.3 Å². The van der Waals surface area contributed by atoms with Crippen LogP contribution >= 0.6 is 0 Å². The summed E-state index contributed by atoms with van der Waals surface area (Å²) < 4.78 is 6.23. The fourth-order valence-electron chi connectivity index (χ4n) is 2.54. The summed E-state index contributed by atoms with van der Waals surface area (Å²) >= 11 is 0. The van der Waals surface area contributed by atoms with Crippen molar-refractivity contribution in [2.24, 2.45) is 0 Å². The first-order valence-corrected chi connectivity index (χ1v) is 8.12. The van der Waals surface area contributed by atoms with Gasteiger partial charge in [-0.05, 0) is 24.1 Å². The summed E-state index contributed by atoms with van der Waals surface area (Å²) in [5, 5.41) is 4.24. The highest BCUT2D eigenvalue weighted by Gasteiger charge is 2.21. The van der Waals surface area contributed by atoms with E-state index in [2.05, 4.69) is 15.1 Å². The zero-order chi connectivity index (χ0) is 18.5. The zero-order valence-electron chi connectivity index (χ0n) is 14.6. The van der Waals surface area contributed by atoms with E-state index >= 15 is 0 Å². The van der Waals surface area contributed by atoms with Crippen LogP contribution in [0.5, 0.6) is 0 Å². The van der Waals surface area contributed by atoms with E-state index in [1.54, 1.807) is 18.5 Å². The highest BCUT2D eigenvalue weighted by atomic mass is 16.5. The summed E-state index contributed by atoms with van der Waals surface area (Å²) in [4.78, 5) is 34.3. The lowest BCUT2D eigenvalue weighted by Gasteiger charge is -2.22. The Morgan fingerprint density at radius 1 is 1.23 bits per heavy atom. The first kappa shape index (κ1) is 17.5. The van der Waals surface area contributed by atoms with Crippen LogP contribution in [0, 0.1) is 6.92 Å². The van der Waals surface area contributed by atoms with Gasteiger partial charge in [-0.3, -0.25) is 9.59 Å². The summed E-state index contributed by atoms with van der Waals surface area (Å²) in [6, 6.07) is 9.46. The largest absolute Gasteiger partial charge is 0.468 e. The van der Waals surface area contributed by atoms with E-state index in [-0.39, 0.29) is 18.9 Å². The molecule has 0 N–H and O–H groups in total. The molecule has 3 rings (SSSR count). The third-order valence-corrected chi connectivity index (χ3v) is 3.99. The van der Waals surface area contributed by atoms with Crippen molar-refractivity contribution in [3.8, 4) is 0 Å². The van der Waals surface area contributed by atoms with E-state index in [1.165, 1.54) is 16.5 Å². The highest BCUT2D eigenvalue weighted by molar-refractivity contribution is 5.83. The first-order valence-electron chi connectivity index (χ1n) is 8.12. The molecule has 8 nitrogen and oxygen atoms in total. The third-order valence-electron chi connectivity index (χ3n) is 3.99. The summed E-state index contributed by atoms with van der Waals surface area (Å²) in [5.74, 6) is 0.0493. The van der Waals surface area contributed by atoms with E-state index in [0.29, 0.717) is 18.1 Å². The predicted octanol–water partition coefficient (Wildman–Crippen LogP) is 1.18. The Kier molecular flexibility index (Phi) is 5.21. The van der Waals surface area contributed by atoms with Crippen LogP contribution in [0.2, 0.25) is 0 Å². The van der Waals surface area contributed by atoms with Crippen molar-refractivity contribution in [2.75, 3.05) is 13.7 Å². The lowest BCUT2D eigenvalue weighted by atomic mass is 10.1. The van der Waals surface area contributed by atoms with Gasteiger partial charge in [0.1, 0.15) is 6.54 Å². The Bertz CT molecular complexity index is 904. The molecule has 0 radical (unpaired) electrons. The number of rotatable bonds is 6. The van der Waals surface area contributed by atoms with Crippen molar-refractivity contribution >= 4 is 17.7 Å². The molecule has 2 aromatic heterocycles. The Morgan fingerprint density at radius 2 is 2.04 bits per heavy atom. The number of esters is 1. The van der Waals surface area contributed by atoms with Gasteiger partial charge < -0.3 is 9.64 Å². The van der Waals surface area contributed by atoms with Crippen molar-refractivity contribution in [1.82, 2.24) is 24.5 Å². The number of carbonyl (C=O) groups excluding carboxylic acids is 2. The van der Waals surface area contributed by atoms with Crippen LogP contribution in [0.15, 0.2) is 42.7 Å². The minimum absolute atomic E-state index is 0.0216. The molecular formula is C18H19N5O3. The molecule has 0 fully saturated rings. The van der Waals surface area contributed by atoms with Gasteiger partial charge in [0.25, 0.3) is 5.78 Å². The molecule has 0 aliphatic carbocycles. The molecule has 1 amide bonds. The molecule has 134 valence electrons. The molecule has 0 saturated carbocycles. The molecule has 3 aromatic rings. The number of hydrogen-bond acceptors (Lipinski definition) is 6. The van der Waals surface area contributed by atoms with Gasteiger partial charge in [-0.15, -0.1) is 5.10 Å². The smallest absolute Gasteiger partial charge is 0.325 e. The predicted molar refractivity (Wildman–Crippen MR) is 93.1 cm³/mol. The van der Waals surface area contributed by atoms with Crippen LogP contribution in [0.4, 0.5) is 0 Å². The van der Waals surface area contributed by atoms with Crippen LogP contribution in [0.1, 0.15) is 17.0 Å². The van der Waals surface area contributed by atoms with Gasteiger partial charge in [0, 0.05) is 18.9 Å². The maximum absolute atomic E-state index is 12.8. The van der Waals surface area contributed by atoms with E-state index < -0.39 is 5.97 Å². The molecule has 0 atom stereocenters. The SMILES string of the molecule is COC(=O)CN(Cc1ccccc1C)C(=O)Cc1nc2ncccn2n1. The summed E-state index contributed by atoms with van der Waals surface area (Å²) in [6.07, 6.45) is 3.30. The van der Waals surface area contributed by atoms with Crippen molar-refractivity contribution in [3.05, 3.63) is 59.7 Å². The number of ether oxygens (including phenoxy) is 1. The number of methoxy groups -OCH3 is 1. The van der Waals surface area contributed by atoms with Gasteiger partial charge in [-0.2, -0.15) is 4.98 Å². The van der Waals surface area contributed by atoms with Crippen LogP contribution in [-0.4, -0.2) is 50.0 Å². The number of amides is 1. The second-order valence-electron chi connectivity index (χ2n) is 5.82. The maximum Gasteiger partial charge on any atom is 0.325 e. The molecule has 0 aliphatic rings. The van der Waals surface area contributed by atoms with Gasteiger partial charge in [-0.25, -0.2) is 9.50 Å². The zero-order valence-corrected chi connectivity index (χ0v) is 14.6. The standard InChI is InChI=1S/C18H19N5O3/c1-13-6-3-4-7-14(13)11-22(12-17(25)26-2)16(24)10-15-20-18-19-8-5-9-23(18)21-15/h3-9H,10-12H2,1-2H3. The van der Waals surface area contributed by atoms with Crippen LogP contribution in [0.3, 0.4) is 0 Å². The number of fused-ring (bicyclic) bond motifs is 1. The molecular weight excluding hydrogens is 334 g/mol. The van der Waals surface area contributed by atoms with Gasteiger partial charge in [0.05, 0.1) is 13.5 Å². The molecule has 2 heterocycles. The number of hydrogen-bond donors (Lipinski definition) is 0. The topological polar surface area (TPSA) is 89.7 Å². The van der Waals surface area contributed by atoms with Crippen molar-refractivity contribution in [1.29, 1.82) is 0 Å². The maximum atomic E-state index is 12.8. The Hall–Kier alpha value is -3.29. The minimum Gasteiger partial charge on any atom is -0.468 e. The number of nitrogens with zero attached hydrogens (tertiary/aromatic N) is 5.